The van der Waals surface area contributed by atoms with Gasteiger partial charge in [0.15, 0.2) is 0 Å². The number of aromatic hydroxyl groups is 2. The Bertz CT molecular complexity index is 656. The van der Waals surface area contributed by atoms with Crippen LogP contribution in [-0.2, 0) is 0 Å². The van der Waals surface area contributed by atoms with Crippen LogP contribution < -0.4 is 0 Å². The van der Waals surface area contributed by atoms with E-state index in [0.29, 0.717) is 0 Å². The molecule has 104 valence electrons. The van der Waals surface area contributed by atoms with Crippen LogP contribution >= 0.6 is 0 Å². The maximum absolute atomic E-state index is 9.48. The molecule has 1 aliphatic rings. The summed E-state index contributed by atoms with van der Waals surface area (Å²) in [5, 5.41) is 19.0. The van der Waals surface area contributed by atoms with E-state index in [2.05, 4.69) is 24.3 Å². The van der Waals surface area contributed by atoms with Crippen LogP contribution in [0.25, 0.3) is 5.57 Å². The van der Waals surface area contributed by atoms with E-state index < -0.39 is 0 Å². The summed E-state index contributed by atoms with van der Waals surface area (Å²) in [6, 6.07) is 14.4. The molecule has 1 aliphatic carbocycles. The molecular weight excluding hydrogens is 260 g/mol. The minimum absolute atomic E-state index is 0.253. The monoisotopic (exact) mass is 276 g/mol. The van der Waals surface area contributed by atoms with Gasteiger partial charge in [0.2, 0.25) is 0 Å². The van der Waals surface area contributed by atoms with Gasteiger partial charge in [-0.1, -0.05) is 48.6 Å². The Kier molecular flexibility index (Phi) is 3.61. The average molecular weight is 276 g/mol. The Morgan fingerprint density at radius 1 is 0.667 bits per heavy atom. The van der Waals surface area contributed by atoms with Crippen molar-refractivity contribution in [3.05, 3.63) is 89.5 Å². The van der Waals surface area contributed by atoms with Crippen molar-refractivity contribution in [2.75, 3.05) is 0 Å². The lowest BCUT2D eigenvalue weighted by atomic mass is 9.91. The summed E-state index contributed by atoms with van der Waals surface area (Å²) in [6.07, 6.45) is 9.40. The lowest BCUT2D eigenvalue weighted by Crippen LogP contribution is -1.93. The minimum Gasteiger partial charge on any atom is -0.508 e. The van der Waals surface area contributed by atoms with E-state index >= 15 is 0 Å². The second-order valence-corrected chi connectivity index (χ2v) is 4.96. The molecule has 0 saturated carbocycles. The third-order valence-electron chi connectivity index (χ3n) is 3.47. The predicted molar refractivity (Wildman–Crippen MR) is 85.1 cm³/mol. The first kappa shape index (κ1) is 13.3. The first-order valence-corrected chi connectivity index (χ1v) is 6.90. The van der Waals surface area contributed by atoms with Gasteiger partial charge in [-0.15, -0.1) is 0 Å². The summed E-state index contributed by atoms with van der Waals surface area (Å²) in [6.45, 7) is 0. The third kappa shape index (κ3) is 2.90. The Hall–Kier alpha value is -2.74. The number of hydrogen-bond acceptors (Lipinski definition) is 2. The maximum atomic E-state index is 9.48. The van der Waals surface area contributed by atoms with Gasteiger partial charge >= 0.3 is 0 Å². The van der Waals surface area contributed by atoms with Gasteiger partial charge in [0.1, 0.15) is 11.5 Å². The quantitative estimate of drug-likeness (QED) is 0.852. The van der Waals surface area contributed by atoms with E-state index in [-0.39, 0.29) is 11.5 Å². The molecule has 0 aromatic heterocycles. The van der Waals surface area contributed by atoms with Gasteiger partial charge in [0, 0.05) is 0 Å². The molecule has 0 saturated heterocycles. The van der Waals surface area contributed by atoms with Crippen LogP contribution in [0.15, 0.2) is 78.4 Å². The Balaban J connectivity index is 2.18. The standard InChI is InChI=1S/C19H16O2/c20-17-10-6-15(7-11-17)19(14-4-2-1-3-5-14)16-8-12-18(21)13-9-16/h2-13,20-21H,1H2. The lowest BCUT2D eigenvalue weighted by molar-refractivity contribution is 0.475. The minimum atomic E-state index is 0.253. The molecule has 0 amide bonds. The van der Waals surface area contributed by atoms with Crippen molar-refractivity contribution < 1.29 is 10.2 Å². The number of allylic oxidation sites excluding steroid dienone is 5. The van der Waals surface area contributed by atoms with Crippen LogP contribution in [0.1, 0.15) is 17.5 Å². The molecule has 2 aromatic rings. The number of phenolic OH excluding ortho intramolecular Hbond substituents is 2. The maximum Gasteiger partial charge on any atom is 0.115 e. The second-order valence-electron chi connectivity index (χ2n) is 4.96. The van der Waals surface area contributed by atoms with Crippen LogP contribution in [0.5, 0.6) is 11.5 Å². The lowest BCUT2D eigenvalue weighted by Gasteiger charge is -2.14. The fraction of sp³-hybridized carbons (Fsp3) is 0.0526. The number of rotatable bonds is 2. The van der Waals surface area contributed by atoms with Gasteiger partial charge in [-0.25, -0.2) is 0 Å². The first-order chi connectivity index (χ1) is 10.2. The smallest absolute Gasteiger partial charge is 0.115 e. The predicted octanol–water partition coefficient (Wildman–Crippen LogP) is 4.42. The molecule has 3 rings (SSSR count). The molecule has 2 nitrogen and oxygen atoms in total. The van der Waals surface area contributed by atoms with Gasteiger partial charge in [-0.2, -0.15) is 0 Å². The highest BCUT2D eigenvalue weighted by molar-refractivity contribution is 5.85. The third-order valence-corrected chi connectivity index (χ3v) is 3.47. The number of phenols is 2. The summed E-state index contributed by atoms with van der Waals surface area (Å²) in [4.78, 5) is 0. The molecule has 21 heavy (non-hydrogen) atoms. The van der Waals surface area contributed by atoms with Crippen molar-refractivity contribution in [1.82, 2.24) is 0 Å². The Morgan fingerprint density at radius 2 is 1.10 bits per heavy atom. The second kappa shape index (κ2) is 5.71. The van der Waals surface area contributed by atoms with Gasteiger partial charge in [0.25, 0.3) is 0 Å². The Labute approximate surface area is 124 Å². The molecule has 2 N–H and O–H groups in total. The fourth-order valence-electron chi connectivity index (χ4n) is 2.45. The van der Waals surface area contributed by atoms with E-state index in [0.717, 1.165) is 28.7 Å². The summed E-state index contributed by atoms with van der Waals surface area (Å²) < 4.78 is 0. The summed E-state index contributed by atoms with van der Waals surface area (Å²) in [5.41, 5.74) is 4.27. The number of hydrogen-bond donors (Lipinski definition) is 2. The highest BCUT2D eigenvalue weighted by Gasteiger charge is 2.10. The fourth-order valence-corrected chi connectivity index (χ4v) is 2.45. The molecular formula is C19H16O2. The van der Waals surface area contributed by atoms with Crippen molar-refractivity contribution in [3.8, 4) is 11.5 Å². The van der Waals surface area contributed by atoms with Crippen molar-refractivity contribution in [1.29, 1.82) is 0 Å². The molecule has 0 heterocycles. The molecule has 0 bridgehead atoms. The molecule has 0 atom stereocenters. The summed E-state index contributed by atoms with van der Waals surface area (Å²) in [5.74, 6) is 0.507. The van der Waals surface area contributed by atoms with Crippen LogP contribution in [0.2, 0.25) is 0 Å². The zero-order valence-corrected chi connectivity index (χ0v) is 11.5. The van der Waals surface area contributed by atoms with Gasteiger partial charge in [0.05, 0.1) is 0 Å². The van der Waals surface area contributed by atoms with Crippen LogP contribution in [0.4, 0.5) is 0 Å². The molecule has 0 unspecified atom stereocenters. The van der Waals surface area contributed by atoms with E-state index in [4.69, 9.17) is 0 Å². The molecule has 0 aliphatic heterocycles. The molecule has 2 aromatic carbocycles. The van der Waals surface area contributed by atoms with Crippen molar-refractivity contribution in [2.45, 2.75) is 6.42 Å². The number of benzene rings is 2. The topological polar surface area (TPSA) is 40.5 Å². The molecule has 0 radical (unpaired) electrons. The summed E-state index contributed by atoms with van der Waals surface area (Å²) >= 11 is 0. The molecule has 0 spiro atoms. The van der Waals surface area contributed by atoms with E-state index in [1.54, 1.807) is 24.3 Å². The van der Waals surface area contributed by atoms with Gasteiger partial charge in [-0.3, -0.25) is 0 Å². The van der Waals surface area contributed by atoms with E-state index in [9.17, 15) is 10.2 Å². The first-order valence-electron chi connectivity index (χ1n) is 6.90. The van der Waals surface area contributed by atoms with Crippen LogP contribution in [-0.4, -0.2) is 10.2 Å². The van der Waals surface area contributed by atoms with Crippen LogP contribution in [0.3, 0.4) is 0 Å². The average Bonchev–Trinajstić information content (AvgIpc) is 2.52. The summed E-state index contributed by atoms with van der Waals surface area (Å²) in [7, 11) is 0. The zero-order valence-electron chi connectivity index (χ0n) is 11.5. The SMILES string of the molecule is Oc1ccc(C(=C2C=CCC=C2)c2ccc(O)cc2)cc1. The van der Waals surface area contributed by atoms with Crippen molar-refractivity contribution >= 4 is 5.57 Å². The normalized spacial score (nSPS) is 13.4. The van der Waals surface area contributed by atoms with Gasteiger partial charge < -0.3 is 10.2 Å². The Morgan fingerprint density at radius 3 is 1.52 bits per heavy atom. The zero-order chi connectivity index (χ0) is 14.7. The largest absolute Gasteiger partial charge is 0.508 e. The van der Waals surface area contributed by atoms with Gasteiger partial charge in [-0.05, 0) is 53.0 Å². The van der Waals surface area contributed by atoms with Crippen molar-refractivity contribution in [3.63, 3.8) is 0 Å². The van der Waals surface area contributed by atoms with Crippen LogP contribution in [0, 0.1) is 0 Å². The van der Waals surface area contributed by atoms with E-state index in [1.807, 2.05) is 24.3 Å². The highest BCUT2D eigenvalue weighted by atomic mass is 16.3. The molecule has 2 heteroatoms. The van der Waals surface area contributed by atoms with Crippen molar-refractivity contribution in [2.24, 2.45) is 0 Å². The highest BCUT2D eigenvalue weighted by Crippen LogP contribution is 2.31. The van der Waals surface area contributed by atoms with E-state index in [1.165, 1.54) is 0 Å². The molecule has 0 fully saturated rings.